The summed E-state index contributed by atoms with van der Waals surface area (Å²) < 4.78 is 19.9. The summed E-state index contributed by atoms with van der Waals surface area (Å²) in [7, 11) is -1.40. The van der Waals surface area contributed by atoms with Crippen LogP contribution in [0.2, 0.25) is 5.02 Å². The minimum absolute atomic E-state index is 0.246. The highest BCUT2D eigenvalue weighted by atomic mass is 35.5. The summed E-state index contributed by atoms with van der Waals surface area (Å²) in [6, 6.07) is 6.07. The van der Waals surface area contributed by atoms with Crippen molar-refractivity contribution in [1.82, 2.24) is 4.72 Å². The molecule has 1 aromatic rings. The van der Waals surface area contributed by atoms with Gasteiger partial charge in [0, 0.05) is 5.02 Å². The van der Waals surface area contributed by atoms with E-state index in [-0.39, 0.29) is 6.10 Å². The molecule has 0 saturated heterocycles. The van der Waals surface area contributed by atoms with Gasteiger partial charge in [-0.05, 0) is 52.3 Å². The topological polar surface area (TPSA) is 55.4 Å². The van der Waals surface area contributed by atoms with Crippen LogP contribution < -0.4 is 4.72 Å². The van der Waals surface area contributed by atoms with Gasteiger partial charge in [-0.25, -0.2) is 13.7 Å². The molecule has 21 heavy (non-hydrogen) atoms. The maximum absolute atomic E-state index is 12.3. The van der Waals surface area contributed by atoms with Gasteiger partial charge in [-0.1, -0.05) is 23.7 Å². The molecule has 0 spiro atoms. The lowest BCUT2D eigenvalue weighted by Gasteiger charge is -2.24. The Labute approximate surface area is 133 Å². The van der Waals surface area contributed by atoms with E-state index in [4.69, 9.17) is 16.3 Å². The molecule has 0 aromatic heterocycles. The molecule has 0 saturated carbocycles. The second-order valence-electron chi connectivity index (χ2n) is 5.97. The number of carbonyl (C=O) groups excluding carboxylic acids is 1. The van der Waals surface area contributed by atoms with Gasteiger partial charge in [-0.15, -0.1) is 0 Å². The van der Waals surface area contributed by atoms with Crippen LogP contribution in [-0.2, 0) is 20.5 Å². The van der Waals surface area contributed by atoms with Crippen LogP contribution in [0.5, 0.6) is 0 Å². The van der Waals surface area contributed by atoms with Crippen molar-refractivity contribution in [2.75, 3.05) is 0 Å². The minimum atomic E-state index is -1.40. The van der Waals surface area contributed by atoms with Crippen molar-refractivity contribution < 1.29 is 13.7 Å². The second kappa shape index (κ2) is 7.38. The standard InChI is InChI=1S/C15H22ClNO3S/c1-10(2)20-14(18)13(17-21(19)15(3,4)5)11-7-6-8-12(16)9-11/h6-10,13,17H,1-5H3/t13-,21?/m1/s1. The predicted octanol–water partition coefficient (Wildman–Crippen LogP) is 3.38. The molecule has 0 fully saturated rings. The fourth-order valence-corrected chi connectivity index (χ4v) is 2.52. The van der Waals surface area contributed by atoms with E-state index in [1.165, 1.54) is 0 Å². The van der Waals surface area contributed by atoms with E-state index in [0.29, 0.717) is 10.6 Å². The van der Waals surface area contributed by atoms with Gasteiger partial charge in [0.1, 0.15) is 6.04 Å². The molecule has 0 aliphatic carbocycles. The number of esters is 1. The third-order valence-electron chi connectivity index (χ3n) is 2.55. The number of hydrogen-bond donors (Lipinski definition) is 1. The minimum Gasteiger partial charge on any atom is -0.462 e. The van der Waals surface area contributed by atoms with E-state index in [9.17, 15) is 9.00 Å². The van der Waals surface area contributed by atoms with Crippen LogP contribution >= 0.6 is 11.6 Å². The molecule has 1 aromatic carbocycles. The van der Waals surface area contributed by atoms with Gasteiger partial charge in [0.2, 0.25) is 0 Å². The van der Waals surface area contributed by atoms with Crippen molar-refractivity contribution in [3.05, 3.63) is 34.9 Å². The number of halogens is 1. The zero-order chi connectivity index (χ0) is 16.2. The van der Waals surface area contributed by atoms with Crippen LogP contribution in [0.25, 0.3) is 0 Å². The molecule has 0 amide bonds. The highest BCUT2D eigenvalue weighted by molar-refractivity contribution is 7.84. The molecule has 4 nitrogen and oxygen atoms in total. The Morgan fingerprint density at radius 1 is 1.33 bits per heavy atom. The molecule has 1 N–H and O–H groups in total. The fraction of sp³-hybridized carbons (Fsp3) is 0.533. The van der Waals surface area contributed by atoms with Crippen LogP contribution in [0.4, 0.5) is 0 Å². The van der Waals surface area contributed by atoms with Crippen molar-refractivity contribution in [1.29, 1.82) is 0 Å². The van der Waals surface area contributed by atoms with Gasteiger partial charge in [0.05, 0.1) is 21.8 Å². The molecule has 0 aliphatic heterocycles. The zero-order valence-electron chi connectivity index (χ0n) is 13.0. The molecular weight excluding hydrogens is 310 g/mol. The van der Waals surface area contributed by atoms with Crippen LogP contribution in [0.3, 0.4) is 0 Å². The lowest BCUT2D eigenvalue weighted by Crippen LogP contribution is -2.39. The molecule has 1 unspecified atom stereocenters. The fourth-order valence-electron chi connectivity index (χ4n) is 1.52. The van der Waals surface area contributed by atoms with E-state index in [1.54, 1.807) is 38.1 Å². The molecule has 1 rings (SSSR count). The highest BCUT2D eigenvalue weighted by Crippen LogP contribution is 2.22. The van der Waals surface area contributed by atoms with Crippen molar-refractivity contribution in [2.45, 2.75) is 51.5 Å². The van der Waals surface area contributed by atoms with Crippen molar-refractivity contribution in [3.8, 4) is 0 Å². The van der Waals surface area contributed by atoms with E-state index in [2.05, 4.69) is 4.72 Å². The number of carbonyl (C=O) groups is 1. The Morgan fingerprint density at radius 3 is 2.43 bits per heavy atom. The summed E-state index contributed by atoms with van der Waals surface area (Å²) in [5, 5.41) is 0.512. The maximum atomic E-state index is 12.3. The normalized spacial score (nSPS) is 14.8. The first-order chi connectivity index (χ1) is 9.61. The van der Waals surface area contributed by atoms with Gasteiger partial charge in [0.25, 0.3) is 0 Å². The van der Waals surface area contributed by atoms with E-state index < -0.39 is 27.7 Å². The Balaban J connectivity index is 3.06. The number of rotatable bonds is 5. The largest absolute Gasteiger partial charge is 0.462 e. The Kier molecular flexibility index (Phi) is 6.38. The summed E-state index contributed by atoms with van der Waals surface area (Å²) in [6.07, 6.45) is -0.246. The summed E-state index contributed by atoms with van der Waals surface area (Å²) in [5.74, 6) is -0.468. The SMILES string of the molecule is CC(C)OC(=O)[C@H](NS(=O)C(C)(C)C)c1cccc(Cl)c1. The quantitative estimate of drug-likeness (QED) is 0.841. The highest BCUT2D eigenvalue weighted by Gasteiger charge is 2.29. The summed E-state index contributed by atoms with van der Waals surface area (Å²) in [6.45, 7) is 9.04. The number of hydrogen-bond acceptors (Lipinski definition) is 3. The maximum Gasteiger partial charge on any atom is 0.328 e. The molecule has 118 valence electrons. The van der Waals surface area contributed by atoms with Crippen LogP contribution in [0.1, 0.15) is 46.2 Å². The first kappa shape index (κ1) is 18.1. The predicted molar refractivity (Wildman–Crippen MR) is 86.5 cm³/mol. The average molecular weight is 332 g/mol. The van der Waals surface area contributed by atoms with E-state index in [0.717, 1.165) is 0 Å². The molecule has 0 radical (unpaired) electrons. The van der Waals surface area contributed by atoms with Crippen LogP contribution in [0, 0.1) is 0 Å². The van der Waals surface area contributed by atoms with Crippen molar-refractivity contribution in [3.63, 3.8) is 0 Å². The summed E-state index contributed by atoms with van der Waals surface area (Å²) >= 11 is 5.97. The van der Waals surface area contributed by atoms with Gasteiger partial charge in [-0.3, -0.25) is 0 Å². The van der Waals surface area contributed by atoms with E-state index >= 15 is 0 Å². The van der Waals surface area contributed by atoms with Crippen molar-refractivity contribution in [2.24, 2.45) is 0 Å². The third kappa shape index (κ3) is 5.77. The lowest BCUT2D eigenvalue weighted by atomic mass is 10.1. The molecule has 2 atom stereocenters. The van der Waals surface area contributed by atoms with Gasteiger partial charge in [0.15, 0.2) is 0 Å². The molecule has 0 aliphatic rings. The Hall–Kier alpha value is -0.910. The van der Waals surface area contributed by atoms with Gasteiger partial charge in [-0.2, -0.15) is 0 Å². The Bertz CT molecular complexity index is 526. The van der Waals surface area contributed by atoms with Gasteiger partial charge < -0.3 is 4.74 Å². The first-order valence-electron chi connectivity index (χ1n) is 6.75. The third-order valence-corrected chi connectivity index (χ3v) is 4.35. The average Bonchev–Trinajstić information content (AvgIpc) is 2.33. The van der Waals surface area contributed by atoms with Crippen molar-refractivity contribution >= 4 is 28.6 Å². The van der Waals surface area contributed by atoms with Crippen LogP contribution in [-0.4, -0.2) is 21.0 Å². The second-order valence-corrected chi connectivity index (χ2v) is 8.41. The molecule has 0 bridgehead atoms. The molecule has 6 heteroatoms. The summed E-state index contributed by atoms with van der Waals surface area (Å²) in [5.41, 5.74) is 0.630. The van der Waals surface area contributed by atoms with E-state index in [1.807, 2.05) is 20.8 Å². The summed E-state index contributed by atoms with van der Waals surface area (Å²) in [4.78, 5) is 12.3. The number of ether oxygens (including phenoxy) is 1. The Morgan fingerprint density at radius 2 is 1.95 bits per heavy atom. The first-order valence-corrected chi connectivity index (χ1v) is 8.28. The number of benzene rings is 1. The number of nitrogens with one attached hydrogen (secondary N) is 1. The lowest BCUT2D eigenvalue weighted by molar-refractivity contribution is -0.149. The monoisotopic (exact) mass is 331 g/mol. The zero-order valence-corrected chi connectivity index (χ0v) is 14.5. The molecule has 0 heterocycles. The smallest absolute Gasteiger partial charge is 0.328 e. The van der Waals surface area contributed by atoms with Crippen LogP contribution in [0.15, 0.2) is 24.3 Å². The molecular formula is C15H22ClNO3S. The van der Waals surface area contributed by atoms with Gasteiger partial charge >= 0.3 is 5.97 Å².